The SMILES string of the molecule is Cc1ccc(C(C)C)c(O[C@H]2OC(=O)c3ccccc32)c1. The average Bonchev–Trinajstić information content (AvgIpc) is 2.76. The zero-order chi connectivity index (χ0) is 15.0. The first-order valence-corrected chi connectivity index (χ1v) is 7.13. The number of rotatable bonds is 3. The van der Waals surface area contributed by atoms with E-state index in [1.165, 1.54) is 0 Å². The van der Waals surface area contributed by atoms with Crippen molar-refractivity contribution in [1.29, 1.82) is 0 Å². The highest BCUT2D eigenvalue weighted by Crippen LogP contribution is 2.36. The maximum atomic E-state index is 11.8. The molecule has 1 aliphatic rings. The molecule has 3 heteroatoms. The summed E-state index contributed by atoms with van der Waals surface area (Å²) in [5.41, 5.74) is 3.60. The van der Waals surface area contributed by atoms with Crippen molar-refractivity contribution in [1.82, 2.24) is 0 Å². The van der Waals surface area contributed by atoms with E-state index in [2.05, 4.69) is 26.0 Å². The van der Waals surface area contributed by atoms with Crippen LogP contribution in [0.5, 0.6) is 5.75 Å². The van der Waals surface area contributed by atoms with Crippen LogP contribution in [0, 0.1) is 6.92 Å². The van der Waals surface area contributed by atoms with Crippen molar-refractivity contribution in [2.75, 3.05) is 0 Å². The molecule has 1 aliphatic heterocycles. The molecule has 3 rings (SSSR count). The van der Waals surface area contributed by atoms with Crippen molar-refractivity contribution in [2.45, 2.75) is 33.0 Å². The molecule has 0 saturated heterocycles. The summed E-state index contributed by atoms with van der Waals surface area (Å²) in [6.07, 6.45) is -0.659. The van der Waals surface area contributed by atoms with Crippen LogP contribution in [-0.2, 0) is 4.74 Å². The molecule has 0 N–H and O–H groups in total. The van der Waals surface area contributed by atoms with Gasteiger partial charge in [-0.3, -0.25) is 0 Å². The Morgan fingerprint density at radius 3 is 2.67 bits per heavy atom. The summed E-state index contributed by atoms with van der Waals surface area (Å²) in [5, 5.41) is 0. The Morgan fingerprint density at radius 2 is 1.90 bits per heavy atom. The van der Waals surface area contributed by atoms with Crippen molar-refractivity contribution in [3.8, 4) is 5.75 Å². The number of carbonyl (C=O) groups excluding carboxylic acids is 1. The Hall–Kier alpha value is -2.29. The number of fused-ring (bicyclic) bond motifs is 1. The van der Waals surface area contributed by atoms with E-state index in [0.29, 0.717) is 11.5 Å². The molecule has 0 amide bonds. The molecular formula is C18H18O3. The van der Waals surface area contributed by atoms with Gasteiger partial charge in [-0.15, -0.1) is 0 Å². The lowest BCUT2D eigenvalue weighted by molar-refractivity contribution is -0.0387. The maximum absolute atomic E-state index is 11.8. The smallest absolute Gasteiger partial charge is 0.342 e. The number of hydrogen-bond acceptors (Lipinski definition) is 3. The highest BCUT2D eigenvalue weighted by molar-refractivity contribution is 5.93. The van der Waals surface area contributed by atoms with Gasteiger partial charge in [0.2, 0.25) is 0 Å². The van der Waals surface area contributed by atoms with E-state index in [9.17, 15) is 4.79 Å². The van der Waals surface area contributed by atoms with Gasteiger partial charge in [-0.25, -0.2) is 4.79 Å². The number of cyclic esters (lactones) is 1. The second-order valence-corrected chi connectivity index (χ2v) is 5.64. The second kappa shape index (κ2) is 5.24. The van der Waals surface area contributed by atoms with Gasteiger partial charge in [0, 0.05) is 5.56 Å². The molecule has 1 atom stereocenters. The molecule has 2 aromatic rings. The summed E-state index contributed by atoms with van der Waals surface area (Å²) in [6, 6.07) is 13.5. The standard InChI is InChI=1S/C18H18O3/c1-11(2)13-9-8-12(3)10-16(13)20-18-15-7-5-4-6-14(15)17(19)21-18/h4-11,18H,1-3H3/t18-/m0/s1. The Balaban J connectivity index is 1.95. The van der Waals surface area contributed by atoms with Crippen LogP contribution in [0.15, 0.2) is 42.5 Å². The fourth-order valence-electron chi connectivity index (χ4n) is 2.54. The minimum atomic E-state index is -0.659. The predicted molar refractivity (Wildman–Crippen MR) is 80.5 cm³/mol. The van der Waals surface area contributed by atoms with Gasteiger partial charge in [-0.1, -0.05) is 44.2 Å². The number of aryl methyl sites for hydroxylation is 1. The van der Waals surface area contributed by atoms with Crippen LogP contribution in [-0.4, -0.2) is 5.97 Å². The second-order valence-electron chi connectivity index (χ2n) is 5.64. The fourth-order valence-corrected chi connectivity index (χ4v) is 2.54. The van der Waals surface area contributed by atoms with Crippen molar-refractivity contribution in [3.63, 3.8) is 0 Å². The van der Waals surface area contributed by atoms with Crippen molar-refractivity contribution in [2.24, 2.45) is 0 Å². The molecule has 0 radical (unpaired) electrons. The van der Waals surface area contributed by atoms with E-state index in [1.807, 2.05) is 31.2 Å². The van der Waals surface area contributed by atoms with E-state index in [1.54, 1.807) is 6.07 Å². The van der Waals surface area contributed by atoms with Crippen LogP contribution >= 0.6 is 0 Å². The molecule has 21 heavy (non-hydrogen) atoms. The van der Waals surface area contributed by atoms with Gasteiger partial charge in [-0.2, -0.15) is 0 Å². The minimum Gasteiger partial charge on any atom is -0.450 e. The summed E-state index contributed by atoms with van der Waals surface area (Å²) in [4.78, 5) is 11.8. The summed E-state index contributed by atoms with van der Waals surface area (Å²) in [6.45, 7) is 6.25. The molecule has 2 aromatic carbocycles. The monoisotopic (exact) mass is 282 g/mol. The zero-order valence-corrected chi connectivity index (χ0v) is 12.4. The highest BCUT2D eigenvalue weighted by Gasteiger charge is 2.32. The summed E-state index contributed by atoms with van der Waals surface area (Å²) in [7, 11) is 0. The topological polar surface area (TPSA) is 35.5 Å². The van der Waals surface area contributed by atoms with Crippen LogP contribution in [0.2, 0.25) is 0 Å². The van der Waals surface area contributed by atoms with Gasteiger partial charge in [0.15, 0.2) is 0 Å². The maximum Gasteiger partial charge on any atom is 0.342 e. The van der Waals surface area contributed by atoms with E-state index < -0.39 is 6.29 Å². The molecule has 0 unspecified atom stereocenters. The molecule has 108 valence electrons. The fraction of sp³-hybridized carbons (Fsp3) is 0.278. The van der Waals surface area contributed by atoms with Gasteiger partial charge in [0.05, 0.1) is 5.56 Å². The average molecular weight is 282 g/mol. The Bertz CT molecular complexity index is 689. The predicted octanol–water partition coefficient (Wildman–Crippen LogP) is 4.37. The largest absolute Gasteiger partial charge is 0.450 e. The van der Waals surface area contributed by atoms with E-state index in [4.69, 9.17) is 9.47 Å². The van der Waals surface area contributed by atoms with E-state index in [-0.39, 0.29) is 5.97 Å². The summed E-state index contributed by atoms with van der Waals surface area (Å²) < 4.78 is 11.4. The lowest BCUT2D eigenvalue weighted by Crippen LogP contribution is -2.09. The first-order chi connectivity index (χ1) is 10.1. The van der Waals surface area contributed by atoms with Gasteiger partial charge in [-0.05, 0) is 36.1 Å². The van der Waals surface area contributed by atoms with Crippen molar-refractivity contribution in [3.05, 3.63) is 64.7 Å². The molecule has 0 aliphatic carbocycles. The minimum absolute atomic E-state index is 0.325. The van der Waals surface area contributed by atoms with Gasteiger partial charge < -0.3 is 9.47 Å². The Kier molecular flexibility index (Phi) is 3.42. The Morgan fingerprint density at radius 1 is 1.14 bits per heavy atom. The first kappa shape index (κ1) is 13.7. The number of esters is 1. The lowest BCUT2D eigenvalue weighted by atomic mass is 10.0. The third kappa shape index (κ3) is 2.51. The third-order valence-corrected chi connectivity index (χ3v) is 3.67. The normalized spacial score (nSPS) is 16.8. The Labute approximate surface area is 124 Å². The molecule has 0 fully saturated rings. The molecule has 0 aromatic heterocycles. The van der Waals surface area contributed by atoms with Gasteiger partial charge in [0.25, 0.3) is 6.29 Å². The number of benzene rings is 2. The molecule has 3 nitrogen and oxygen atoms in total. The summed E-state index contributed by atoms with van der Waals surface area (Å²) >= 11 is 0. The van der Waals surface area contributed by atoms with Crippen LogP contribution in [0.25, 0.3) is 0 Å². The highest BCUT2D eigenvalue weighted by atomic mass is 16.7. The number of ether oxygens (including phenoxy) is 2. The third-order valence-electron chi connectivity index (χ3n) is 3.67. The molecule has 0 saturated carbocycles. The van der Waals surface area contributed by atoms with Crippen molar-refractivity contribution < 1.29 is 14.3 Å². The van der Waals surface area contributed by atoms with Gasteiger partial charge >= 0.3 is 5.97 Å². The number of carbonyl (C=O) groups is 1. The summed E-state index contributed by atoms with van der Waals surface area (Å²) in [5.74, 6) is 0.793. The van der Waals surface area contributed by atoms with Crippen molar-refractivity contribution >= 4 is 5.97 Å². The lowest BCUT2D eigenvalue weighted by Gasteiger charge is -2.18. The van der Waals surface area contributed by atoms with Crippen LogP contribution in [0.3, 0.4) is 0 Å². The first-order valence-electron chi connectivity index (χ1n) is 7.13. The van der Waals surface area contributed by atoms with E-state index >= 15 is 0 Å². The van der Waals surface area contributed by atoms with Crippen LogP contribution in [0.1, 0.15) is 53.1 Å². The zero-order valence-electron chi connectivity index (χ0n) is 12.4. The van der Waals surface area contributed by atoms with Crippen LogP contribution < -0.4 is 4.74 Å². The quantitative estimate of drug-likeness (QED) is 0.784. The van der Waals surface area contributed by atoms with Gasteiger partial charge in [0.1, 0.15) is 5.75 Å². The molecule has 0 bridgehead atoms. The number of hydrogen-bond donors (Lipinski definition) is 0. The molecule has 0 spiro atoms. The van der Waals surface area contributed by atoms with E-state index in [0.717, 1.165) is 22.4 Å². The van der Waals surface area contributed by atoms with Crippen LogP contribution in [0.4, 0.5) is 0 Å². The molecular weight excluding hydrogens is 264 g/mol. The molecule has 1 heterocycles.